The Balaban J connectivity index is 0. The molecular weight excluding hydrogens is 328 g/mol. The van der Waals surface area contributed by atoms with E-state index in [1.807, 2.05) is 35.0 Å². The number of likely N-dealkylation sites (N-methyl/N-ethyl adjacent to an activating group) is 1. The maximum atomic E-state index is 11.5. The third-order valence-electron chi connectivity index (χ3n) is 3.02. The summed E-state index contributed by atoms with van der Waals surface area (Å²) in [5.74, 6) is -2.25. The molecule has 0 aliphatic heterocycles. The molecule has 3 N–H and O–H groups in total. The van der Waals surface area contributed by atoms with Gasteiger partial charge in [-0.1, -0.05) is 27.7 Å². The van der Waals surface area contributed by atoms with E-state index < -0.39 is 24.1 Å². The van der Waals surface area contributed by atoms with Crippen LogP contribution < -0.4 is 10.8 Å². The molecule has 0 aliphatic rings. The second-order valence-electron chi connectivity index (χ2n) is 7.87. The smallest absolute Gasteiger partial charge is 0.320 e. The van der Waals surface area contributed by atoms with Crippen molar-refractivity contribution in [1.29, 1.82) is 0 Å². The van der Waals surface area contributed by atoms with Gasteiger partial charge in [-0.2, -0.15) is 0 Å². The van der Waals surface area contributed by atoms with Gasteiger partial charge in [-0.15, -0.1) is 0 Å². The molecule has 1 unspecified atom stereocenters. The van der Waals surface area contributed by atoms with E-state index in [1.54, 1.807) is 13.8 Å². The van der Waals surface area contributed by atoms with E-state index in [4.69, 9.17) is 15.6 Å². The third kappa shape index (κ3) is 17.0. The van der Waals surface area contributed by atoms with Crippen LogP contribution >= 0.6 is 0 Å². The molecule has 0 spiro atoms. The number of carbonyl (C=O) groups excluding carboxylic acids is 2. The van der Waals surface area contributed by atoms with Gasteiger partial charge in [0.1, 0.15) is 12.6 Å². The lowest BCUT2D eigenvalue weighted by atomic mass is 10.1. The number of nitrogens with two attached hydrogens (primary N) is 1. The zero-order valence-electron chi connectivity index (χ0n) is 16.4. The van der Waals surface area contributed by atoms with Crippen molar-refractivity contribution in [3.05, 3.63) is 0 Å². The molecule has 0 radical (unpaired) electrons. The van der Waals surface area contributed by atoms with Crippen LogP contribution in [-0.4, -0.2) is 67.3 Å². The highest BCUT2D eigenvalue weighted by atomic mass is 16.5. The Kier molecular flexibility index (Phi) is 12.1. The minimum absolute atomic E-state index is 0.0208. The summed E-state index contributed by atoms with van der Waals surface area (Å²) in [6.07, 6.45) is -0.564. The molecule has 0 bridgehead atoms. The number of carboxylic acid groups (broad SMARTS) is 2. The number of nitrogens with zero attached hydrogens (tertiary/aromatic N) is 1. The van der Waals surface area contributed by atoms with E-state index in [-0.39, 0.29) is 24.2 Å². The zero-order chi connectivity index (χ0) is 20.4. The van der Waals surface area contributed by atoms with Crippen LogP contribution in [0.2, 0.25) is 0 Å². The van der Waals surface area contributed by atoms with Crippen molar-refractivity contribution in [1.82, 2.24) is 0 Å². The van der Waals surface area contributed by atoms with Crippen molar-refractivity contribution < 1.29 is 33.8 Å². The van der Waals surface area contributed by atoms with E-state index in [0.717, 1.165) is 0 Å². The fourth-order valence-electron chi connectivity index (χ4n) is 1.79. The fourth-order valence-corrected chi connectivity index (χ4v) is 1.79. The second-order valence-corrected chi connectivity index (χ2v) is 7.87. The monoisotopic (exact) mass is 362 g/mol. The summed E-state index contributed by atoms with van der Waals surface area (Å²) >= 11 is 0. The van der Waals surface area contributed by atoms with Gasteiger partial charge in [-0.25, -0.2) is 0 Å². The van der Waals surface area contributed by atoms with Crippen LogP contribution in [-0.2, 0) is 19.1 Å². The van der Waals surface area contributed by atoms with Gasteiger partial charge in [0.15, 0.2) is 6.10 Å². The van der Waals surface area contributed by atoms with E-state index in [9.17, 15) is 19.5 Å². The lowest BCUT2D eigenvalue weighted by Gasteiger charge is -2.29. The summed E-state index contributed by atoms with van der Waals surface area (Å²) in [4.78, 5) is 32.1. The quantitative estimate of drug-likeness (QED) is 0.431. The van der Waals surface area contributed by atoms with E-state index in [2.05, 4.69) is 0 Å². The summed E-state index contributed by atoms with van der Waals surface area (Å²) in [7, 11) is 5.75. The Morgan fingerprint density at radius 1 is 1.08 bits per heavy atom. The lowest BCUT2D eigenvalue weighted by molar-refractivity contribution is -0.873. The first-order valence-electron chi connectivity index (χ1n) is 8.33. The van der Waals surface area contributed by atoms with Crippen LogP contribution in [0.4, 0.5) is 0 Å². The SMILES string of the molecule is CC(C)CC(=O)OC(CC(=O)[O-])C[N+](C)(C)C.CC(C)[C@H](N)C(=O)O. The standard InChI is InChI=1S/C12H23NO4.C5H11NO2/c1-9(2)6-12(16)17-10(7-11(14)15)8-13(3,4)5;1-3(2)4(6)5(7)8/h9-10H,6-8H2,1-5H3;3-4H,6H2,1-2H3,(H,7,8)/t;4-/m.0/s1. The third-order valence-corrected chi connectivity index (χ3v) is 3.02. The molecule has 0 heterocycles. The molecule has 2 atom stereocenters. The molecule has 8 heteroatoms. The molecule has 0 aromatic heterocycles. The molecule has 0 rings (SSSR count). The Bertz CT molecular complexity index is 429. The number of carboxylic acids is 2. The van der Waals surface area contributed by atoms with Gasteiger partial charge in [0.05, 0.1) is 21.1 Å². The van der Waals surface area contributed by atoms with Crippen LogP contribution in [0.5, 0.6) is 0 Å². The van der Waals surface area contributed by atoms with Crippen LogP contribution in [0.1, 0.15) is 40.5 Å². The minimum atomic E-state index is -1.19. The normalized spacial score (nSPS) is 13.7. The van der Waals surface area contributed by atoms with Crippen molar-refractivity contribution in [2.75, 3.05) is 27.7 Å². The minimum Gasteiger partial charge on any atom is -0.550 e. The van der Waals surface area contributed by atoms with E-state index in [0.29, 0.717) is 17.4 Å². The molecular formula is C17H34N2O6. The van der Waals surface area contributed by atoms with E-state index in [1.165, 1.54) is 0 Å². The lowest BCUT2D eigenvalue weighted by Crippen LogP contribution is -2.45. The van der Waals surface area contributed by atoms with Crippen LogP contribution in [0.15, 0.2) is 0 Å². The van der Waals surface area contributed by atoms with Crippen molar-refractivity contribution >= 4 is 17.9 Å². The number of aliphatic carboxylic acids is 2. The fraction of sp³-hybridized carbons (Fsp3) is 0.824. The highest BCUT2D eigenvalue weighted by Gasteiger charge is 2.22. The van der Waals surface area contributed by atoms with Crippen LogP contribution in [0.25, 0.3) is 0 Å². The maximum Gasteiger partial charge on any atom is 0.320 e. The number of carbonyl (C=O) groups is 3. The summed E-state index contributed by atoms with van der Waals surface area (Å²) in [5, 5.41) is 18.8. The number of rotatable bonds is 9. The highest BCUT2D eigenvalue weighted by Crippen LogP contribution is 2.08. The summed E-state index contributed by atoms with van der Waals surface area (Å²) in [6.45, 7) is 7.83. The molecule has 148 valence electrons. The Hall–Kier alpha value is -1.67. The highest BCUT2D eigenvalue weighted by molar-refractivity contribution is 5.73. The predicted octanol–water partition coefficient (Wildman–Crippen LogP) is -0.155. The van der Waals surface area contributed by atoms with Gasteiger partial charge in [0.2, 0.25) is 0 Å². The van der Waals surface area contributed by atoms with Gasteiger partial charge >= 0.3 is 11.9 Å². The number of hydrogen-bond acceptors (Lipinski definition) is 6. The van der Waals surface area contributed by atoms with Crippen molar-refractivity contribution in [2.24, 2.45) is 17.6 Å². The maximum absolute atomic E-state index is 11.5. The molecule has 0 aromatic rings. The van der Waals surface area contributed by atoms with E-state index >= 15 is 0 Å². The molecule has 0 saturated carbocycles. The summed E-state index contributed by atoms with van der Waals surface area (Å²) in [6, 6.07) is -0.713. The van der Waals surface area contributed by atoms with Crippen molar-refractivity contribution in [3.63, 3.8) is 0 Å². The second kappa shape index (κ2) is 11.8. The Labute approximate surface area is 150 Å². The molecule has 0 amide bonds. The first kappa shape index (κ1) is 25.6. The number of hydrogen-bond donors (Lipinski definition) is 2. The molecule has 0 saturated heterocycles. The summed E-state index contributed by atoms with van der Waals surface area (Å²) < 4.78 is 5.71. The van der Waals surface area contributed by atoms with Gasteiger partial charge in [-0.3, -0.25) is 9.59 Å². The van der Waals surface area contributed by atoms with Crippen LogP contribution in [0, 0.1) is 11.8 Å². The molecule has 8 nitrogen and oxygen atoms in total. The van der Waals surface area contributed by atoms with Gasteiger partial charge in [-0.05, 0) is 11.8 Å². The average Bonchev–Trinajstić information content (AvgIpc) is 2.33. The first-order valence-corrected chi connectivity index (χ1v) is 8.33. The Morgan fingerprint density at radius 3 is 1.80 bits per heavy atom. The average molecular weight is 362 g/mol. The zero-order valence-corrected chi connectivity index (χ0v) is 16.4. The molecule has 0 fully saturated rings. The largest absolute Gasteiger partial charge is 0.550 e. The first-order chi connectivity index (χ1) is 11.2. The van der Waals surface area contributed by atoms with Crippen molar-refractivity contribution in [3.8, 4) is 0 Å². The number of esters is 1. The van der Waals surface area contributed by atoms with Crippen molar-refractivity contribution in [2.45, 2.75) is 52.7 Å². The molecule has 0 aromatic carbocycles. The molecule has 25 heavy (non-hydrogen) atoms. The van der Waals surface area contributed by atoms with Gasteiger partial charge < -0.3 is 30.0 Å². The summed E-state index contributed by atoms with van der Waals surface area (Å²) in [5.41, 5.74) is 5.16. The Morgan fingerprint density at radius 2 is 1.56 bits per heavy atom. The predicted molar refractivity (Wildman–Crippen MR) is 92.3 cm³/mol. The van der Waals surface area contributed by atoms with Crippen LogP contribution in [0.3, 0.4) is 0 Å². The number of quaternary nitrogens is 1. The van der Waals surface area contributed by atoms with Gasteiger partial charge in [0.25, 0.3) is 0 Å². The molecule has 0 aliphatic carbocycles. The van der Waals surface area contributed by atoms with Gasteiger partial charge in [0, 0.05) is 18.8 Å². The topological polar surface area (TPSA) is 130 Å². The number of ether oxygens (including phenoxy) is 1.